The lowest BCUT2D eigenvalue weighted by Gasteiger charge is -2.14. The quantitative estimate of drug-likeness (QED) is 0.418. The van der Waals surface area contributed by atoms with Crippen LogP contribution in [0.15, 0.2) is 42.5 Å². The van der Waals surface area contributed by atoms with E-state index in [0.29, 0.717) is 11.4 Å². The highest BCUT2D eigenvalue weighted by atomic mass is 16.6. The second kappa shape index (κ2) is 8.84. The van der Waals surface area contributed by atoms with Crippen LogP contribution in [0.2, 0.25) is 0 Å². The molecular formula is C21H21N5O6. The van der Waals surface area contributed by atoms with Gasteiger partial charge in [0.05, 0.1) is 33.5 Å². The number of benzene rings is 2. The smallest absolute Gasteiger partial charge is 0.390 e. The number of nitro groups is 2. The summed E-state index contributed by atoms with van der Waals surface area (Å²) in [4.78, 5) is 33.8. The number of nitro benzene ring substituents is 1. The molecule has 1 heterocycles. The first-order valence-corrected chi connectivity index (χ1v) is 9.61. The minimum Gasteiger partial charge on any atom is -0.457 e. The van der Waals surface area contributed by atoms with Crippen LogP contribution >= 0.6 is 0 Å². The molecule has 0 aliphatic heterocycles. The van der Waals surface area contributed by atoms with E-state index in [9.17, 15) is 25.0 Å². The molecule has 1 atom stereocenters. The summed E-state index contributed by atoms with van der Waals surface area (Å²) in [5, 5.41) is 28.8. The summed E-state index contributed by atoms with van der Waals surface area (Å²) >= 11 is 0. The number of nitrogens with zero attached hydrogens (tertiary/aromatic N) is 4. The SMILES string of the molecule is Cc1ccc(C)c(Oc2cc(NC(=O)C(C)n3nc([N+](=O)[O-])cc3C)cc([N+](=O)[O-])c2)c1. The van der Waals surface area contributed by atoms with Crippen LogP contribution in [0.25, 0.3) is 0 Å². The Hall–Kier alpha value is -4.28. The molecule has 0 saturated carbocycles. The molecule has 0 aliphatic carbocycles. The lowest BCUT2D eigenvalue weighted by molar-refractivity contribution is -0.389. The summed E-state index contributed by atoms with van der Waals surface area (Å²) in [5.74, 6) is -0.205. The van der Waals surface area contributed by atoms with Gasteiger partial charge in [0.1, 0.15) is 17.5 Å². The molecule has 3 rings (SSSR count). The fraction of sp³-hybridized carbons (Fsp3) is 0.238. The number of ether oxygens (including phenoxy) is 1. The molecule has 32 heavy (non-hydrogen) atoms. The maximum atomic E-state index is 12.7. The van der Waals surface area contributed by atoms with E-state index in [-0.39, 0.29) is 22.9 Å². The van der Waals surface area contributed by atoms with E-state index in [1.807, 2.05) is 32.0 Å². The van der Waals surface area contributed by atoms with Crippen LogP contribution in [0.5, 0.6) is 11.5 Å². The lowest BCUT2D eigenvalue weighted by Crippen LogP contribution is -2.25. The van der Waals surface area contributed by atoms with Crippen molar-refractivity contribution in [2.24, 2.45) is 0 Å². The number of hydrogen-bond donors (Lipinski definition) is 1. The zero-order valence-electron chi connectivity index (χ0n) is 17.9. The molecule has 2 aromatic carbocycles. The van der Waals surface area contributed by atoms with E-state index >= 15 is 0 Å². The number of aromatic nitrogens is 2. The Morgan fingerprint density at radius 2 is 1.78 bits per heavy atom. The summed E-state index contributed by atoms with van der Waals surface area (Å²) in [6.45, 7) is 6.85. The predicted molar refractivity (Wildman–Crippen MR) is 116 cm³/mol. The molecule has 1 amide bonds. The van der Waals surface area contributed by atoms with Crippen LogP contribution in [0.3, 0.4) is 0 Å². The van der Waals surface area contributed by atoms with Gasteiger partial charge < -0.3 is 20.2 Å². The lowest BCUT2D eigenvalue weighted by atomic mass is 10.1. The van der Waals surface area contributed by atoms with E-state index < -0.39 is 21.8 Å². The second-order valence-electron chi connectivity index (χ2n) is 7.35. The molecule has 0 radical (unpaired) electrons. The number of rotatable bonds is 7. The van der Waals surface area contributed by atoms with Crippen molar-refractivity contribution >= 4 is 23.1 Å². The van der Waals surface area contributed by atoms with Crippen molar-refractivity contribution in [2.75, 3.05) is 5.32 Å². The van der Waals surface area contributed by atoms with Crippen molar-refractivity contribution in [1.82, 2.24) is 9.78 Å². The zero-order chi connectivity index (χ0) is 23.6. The van der Waals surface area contributed by atoms with Gasteiger partial charge in [-0.05, 0) is 49.8 Å². The first kappa shape index (κ1) is 22.4. The van der Waals surface area contributed by atoms with Crippen LogP contribution in [0, 0.1) is 41.0 Å². The first-order chi connectivity index (χ1) is 15.0. The van der Waals surface area contributed by atoms with Gasteiger partial charge in [-0.25, -0.2) is 0 Å². The third kappa shape index (κ3) is 4.89. The Balaban J connectivity index is 1.88. The standard InChI is InChI=1S/C21H21N5O6/c1-12-5-6-13(2)19(7-12)32-18-10-16(9-17(11-18)25(28)29)22-21(27)15(4)24-14(3)8-20(23-24)26(30)31/h5-11,15H,1-4H3,(H,22,27). The number of non-ortho nitro benzene ring substituents is 1. The van der Waals surface area contributed by atoms with Crippen molar-refractivity contribution in [1.29, 1.82) is 0 Å². The minimum atomic E-state index is -0.897. The number of carbonyl (C=O) groups is 1. The van der Waals surface area contributed by atoms with Gasteiger partial charge >= 0.3 is 5.82 Å². The van der Waals surface area contributed by atoms with Crippen LogP contribution in [0.1, 0.15) is 29.8 Å². The zero-order valence-corrected chi connectivity index (χ0v) is 17.9. The Morgan fingerprint density at radius 3 is 2.41 bits per heavy atom. The number of anilines is 1. The van der Waals surface area contributed by atoms with Crippen molar-refractivity contribution in [3.63, 3.8) is 0 Å². The summed E-state index contributed by atoms with van der Waals surface area (Å²) in [6.07, 6.45) is 0. The molecule has 0 aliphatic rings. The molecule has 3 aromatic rings. The number of hydrogen-bond acceptors (Lipinski definition) is 7. The van der Waals surface area contributed by atoms with Crippen molar-refractivity contribution in [3.8, 4) is 11.5 Å². The van der Waals surface area contributed by atoms with Crippen LogP contribution in [-0.4, -0.2) is 25.5 Å². The maximum Gasteiger partial charge on any atom is 0.390 e. The van der Waals surface area contributed by atoms with Gasteiger partial charge in [-0.2, -0.15) is 4.68 Å². The van der Waals surface area contributed by atoms with E-state index in [2.05, 4.69) is 10.4 Å². The van der Waals surface area contributed by atoms with Gasteiger partial charge in [-0.3, -0.25) is 14.9 Å². The Labute approximate surface area is 182 Å². The molecule has 1 N–H and O–H groups in total. The van der Waals surface area contributed by atoms with Crippen molar-refractivity contribution in [3.05, 3.63) is 79.5 Å². The topological polar surface area (TPSA) is 142 Å². The molecular weight excluding hydrogens is 418 g/mol. The fourth-order valence-corrected chi connectivity index (χ4v) is 3.07. The fourth-order valence-electron chi connectivity index (χ4n) is 3.07. The van der Waals surface area contributed by atoms with Crippen molar-refractivity contribution < 1.29 is 19.4 Å². The molecule has 166 valence electrons. The van der Waals surface area contributed by atoms with Crippen LogP contribution in [-0.2, 0) is 4.79 Å². The molecule has 0 saturated heterocycles. The van der Waals surface area contributed by atoms with Gasteiger partial charge in [-0.15, -0.1) is 0 Å². The molecule has 1 aromatic heterocycles. The van der Waals surface area contributed by atoms with Gasteiger partial charge in [0.25, 0.3) is 11.6 Å². The number of aryl methyl sites for hydroxylation is 3. The monoisotopic (exact) mass is 439 g/mol. The highest BCUT2D eigenvalue weighted by Gasteiger charge is 2.25. The normalized spacial score (nSPS) is 11.6. The van der Waals surface area contributed by atoms with Crippen LogP contribution < -0.4 is 10.1 Å². The highest BCUT2D eigenvalue weighted by molar-refractivity contribution is 5.94. The van der Waals surface area contributed by atoms with Gasteiger partial charge in [0, 0.05) is 12.1 Å². The number of amides is 1. The van der Waals surface area contributed by atoms with E-state index in [0.717, 1.165) is 11.1 Å². The van der Waals surface area contributed by atoms with E-state index in [4.69, 9.17) is 4.74 Å². The third-order valence-electron chi connectivity index (χ3n) is 4.78. The second-order valence-corrected chi connectivity index (χ2v) is 7.35. The average Bonchev–Trinajstić information content (AvgIpc) is 3.12. The van der Waals surface area contributed by atoms with Crippen LogP contribution in [0.4, 0.5) is 17.2 Å². The van der Waals surface area contributed by atoms with Gasteiger partial charge in [0.2, 0.25) is 0 Å². The molecule has 11 nitrogen and oxygen atoms in total. The third-order valence-corrected chi connectivity index (χ3v) is 4.78. The summed E-state index contributed by atoms with van der Waals surface area (Å²) in [7, 11) is 0. The van der Waals surface area contributed by atoms with E-state index in [1.165, 1.54) is 35.9 Å². The molecule has 0 bridgehead atoms. The van der Waals surface area contributed by atoms with Gasteiger partial charge in [-0.1, -0.05) is 12.1 Å². The molecule has 11 heteroatoms. The molecule has 1 unspecified atom stereocenters. The Bertz CT molecular complexity index is 1220. The molecule has 0 spiro atoms. The van der Waals surface area contributed by atoms with E-state index in [1.54, 1.807) is 6.92 Å². The number of carbonyl (C=O) groups excluding carboxylic acids is 1. The minimum absolute atomic E-state index is 0.149. The summed E-state index contributed by atoms with van der Waals surface area (Å²) in [6, 6.07) is 9.90. The molecule has 0 fully saturated rings. The Morgan fingerprint density at radius 1 is 1.06 bits per heavy atom. The summed E-state index contributed by atoms with van der Waals surface area (Å²) < 4.78 is 7.07. The maximum absolute atomic E-state index is 12.7. The predicted octanol–water partition coefficient (Wildman–Crippen LogP) is 4.62. The summed E-state index contributed by atoms with van der Waals surface area (Å²) in [5.41, 5.74) is 2.12. The largest absolute Gasteiger partial charge is 0.457 e. The highest BCUT2D eigenvalue weighted by Crippen LogP contribution is 2.32. The van der Waals surface area contributed by atoms with Gasteiger partial charge in [0.15, 0.2) is 0 Å². The Kier molecular flexibility index (Phi) is 6.19. The number of nitrogens with one attached hydrogen (secondary N) is 1. The van der Waals surface area contributed by atoms with Crippen molar-refractivity contribution in [2.45, 2.75) is 33.7 Å². The first-order valence-electron chi connectivity index (χ1n) is 9.61. The average molecular weight is 439 g/mol.